The van der Waals surface area contributed by atoms with Crippen molar-refractivity contribution in [2.45, 2.75) is 46.0 Å². The molecule has 0 aliphatic carbocycles. The first-order chi connectivity index (χ1) is 12.6. The van der Waals surface area contributed by atoms with Crippen molar-refractivity contribution in [3.63, 3.8) is 0 Å². The molecule has 26 heavy (non-hydrogen) atoms. The van der Waals surface area contributed by atoms with Gasteiger partial charge in [0.15, 0.2) is 0 Å². The molecule has 1 aliphatic heterocycles. The summed E-state index contributed by atoms with van der Waals surface area (Å²) in [5.41, 5.74) is 0.398. The molecule has 1 aliphatic rings. The molecule has 2 aromatic rings. The van der Waals surface area contributed by atoms with Gasteiger partial charge in [0.25, 0.3) is 5.88 Å². The summed E-state index contributed by atoms with van der Waals surface area (Å²) >= 11 is 0. The van der Waals surface area contributed by atoms with Gasteiger partial charge >= 0.3 is 0 Å². The number of rotatable bonds is 6. The topological polar surface area (TPSA) is 64.0 Å². The highest BCUT2D eigenvalue weighted by Gasteiger charge is 2.22. The molecule has 0 radical (unpaired) electrons. The van der Waals surface area contributed by atoms with Crippen LogP contribution >= 0.6 is 0 Å². The van der Waals surface area contributed by atoms with E-state index in [1.807, 2.05) is 19.2 Å². The van der Waals surface area contributed by atoms with E-state index in [1.165, 1.54) is 6.33 Å². The van der Waals surface area contributed by atoms with Crippen LogP contribution < -0.4 is 9.64 Å². The molecule has 2 aromatic heterocycles. The first-order valence-corrected chi connectivity index (χ1v) is 9.28. The maximum Gasteiger partial charge on any atom is 0.253 e. The van der Waals surface area contributed by atoms with Gasteiger partial charge in [0.05, 0.1) is 12.3 Å². The van der Waals surface area contributed by atoms with Crippen LogP contribution in [0.15, 0.2) is 18.6 Å². The highest BCUT2D eigenvalue weighted by molar-refractivity contribution is 5.38. The summed E-state index contributed by atoms with van der Waals surface area (Å²) in [5, 5.41) is 0. The van der Waals surface area contributed by atoms with Crippen molar-refractivity contribution in [1.29, 1.82) is 0 Å². The number of halogens is 1. The molecule has 3 heterocycles. The minimum Gasteiger partial charge on any atom is -0.475 e. The summed E-state index contributed by atoms with van der Waals surface area (Å²) in [6, 6.07) is 1.96. The number of hydrogen-bond donors (Lipinski definition) is 0. The van der Waals surface area contributed by atoms with Gasteiger partial charge in [-0.3, -0.25) is 0 Å². The Morgan fingerprint density at radius 2 is 2.00 bits per heavy atom. The van der Waals surface area contributed by atoms with E-state index in [0.29, 0.717) is 30.6 Å². The summed E-state index contributed by atoms with van der Waals surface area (Å²) in [5.74, 6) is 2.19. The van der Waals surface area contributed by atoms with Crippen LogP contribution in [-0.4, -0.2) is 39.6 Å². The van der Waals surface area contributed by atoms with Crippen LogP contribution in [0.2, 0.25) is 0 Å². The minimum absolute atomic E-state index is 0.0663. The molecule has 0 aromatic carbocycles. The van der Waals surface area contributed by atoms with Crippen molar-refractivity contribution in [1.82, 2.24) is 19.9 Å². The van der Waals surface area contributed by atoms with Gasteiger partial charge < -0.3 is 9.64 Å². The van der Waals surface area contributed by atoms with E-state index in [-0.39, 0.29) is 5.88 Å². The maximum absolute atomic E-state index is 14.1. The van der Waals surface area contributed by atoms with Gasteiger partial charge in [0.2, 0.25) is 5.82 Å². The van der Waals surface area contributed by atoms with Crippen molar-refractivity contribution < 1.29 is 9.13 Å². The minimum atomic E-state index is -0.436. The molecule has 0 atom stereocenters. The van der Waals surface area contributed by atoms with Crippen molar-refractivity contribution in [2.24, 2.45) is 5.92 Å². The molecule has 1 fully saturated rings. The third-order valence-corrected chi connectivity index (χ3v) is 4.73. The summed E-state index contributed by atoms with van der Waals surface area (Å²) in [6.07, 6.45) is 5.68. The SMILES string of the molecule is CCc1ncnc(OCC2CCN(c3ccnc(C(C)C)n3)CC2)c1F. The normalized spacial score (nSPS) is 15.5. The smallest absolute Gasteiger partial charge is 0.253 e. The van der Waals surface area contributed by atoms with Gasteiger partial charge in [0.1, 0.15) is 18.0 Å². The van der Waals surface area contributed by atoms with Gasteiger partial charge in [-0.15, -0.1) is 0 Å². The highest BCUT2D eigenvalue weighted by Crippen LogP contribution is 2.24. The molecule has 0 spiro atoms. The average Bonchev–Trinajstić information content (AvgIpc) is 2.67. The highest BCUT2D eigenvalue weighted by atomic mass is 19.1. The summed E-state index contributed by atoms with van der Waals surface area (Å²) in [4.78, 5) is 19.1. The second-order valence-electron chi connectivity index (χ2n) is 6.96. The van der Waals surface area contributed by atoms with E-state index in [2.05, 4.69) is 38.7 Å². The van der Waals surface area contributed by atoms with Crippen molar-refractivity contribution >= 4 is 5.82 Å². The first-order valence-electron chi connectivity index (χ1n) is 9.28. The Morgan fingerprint density at radius 3 is 2.69 bits per heavy atom. The number of aryl methyl sites for hydroxylation is 1. The van der Waals surface area contributed by atoms with Gasteiger partial charge in [-0.2, -0.15) is 9.37 Å². The lowest BCUT2D eigenvalue weighted by Crippen LogP contribution is -2.36. The molecule has 6 nitrogen and oxygen atoms in total. The Morgan fingerprint density at radius 1 is 1.23 bits per heavy atom. The van der Waals surface area contributed by atoms with E-state index in [0.717, 1.165) is 37.6 Å². The fraction of sp³-hybridized carbons (Fsp3) is 0.579. The zero-order valence-corrected chi connectivity index (χ0v) is 15.7. The lowest BCUT2D eigenvalue weighted by atomic mass is 9.98. The number of anilines is 1. The number of nitrogens with zero attached hydrogens (tertiary/aromatic N) is 5. The molecule has 140 valence electrons. The van der Waals surface area contributed by atoms with Crippen molar-refractivity contribution in [3.05, 3.63) is 35.9 Å². The standard InChI is InChI=1S/C19H26FN5O/c1-4-15-17(20)19(23-12-22-15)26-11-14-6-9-25(10-7-14)16-5-8-21-18(24-16)13(2)3/h5,8,12-14H,4,6-7,9-11H2,1-3H3. The Balaban J connectivity index is 1.54. The van der Waals surface area contributed by atoms with Crippen LogP contribution in [0, 0.1) is 11.7 Å². The van der Waals surface area contributed by atoms with Gasteiger partial charge in [-0.25, -0.2) is 15.0 Å². The maximum atomic E-state index is 14.1. The predicted molar refractivity (Wildman–Crippen MR) is 97.9 cm³/mol. The van der Waals surface area contributed by atoms with E-state index in [9.17, 15) is 4.39 Å². The van der Waals surface area contributed by atoms with Gasteiger partial charge in [-0.05, 0) is 31.2 Å². The Kier molecular flexibility index (Phi) is 5.96. The molecule has 0 N–H and O–H groups in total. The van der Waals surface area contributed by atoms with E-state index < -0.39 is 5.82 Å². The number of aromatic nitrogens is 4. The Hall–Kier alpha value is -2.31. The van der Waals surface area contributed by atoms with E-state index in [4.69, 9.17) is 4.74 Å². The second kappa shape index (κ2) is 8.38. The molecular formula is C19H26FN5O. The van der Waals surface area contributed by atoms with Crippen LogP contribution in [0.5, 0.6) is 5.88 Å². The van der Waals surface area contributed by atoms with Crippen molar-refractivity contribution in [3.8, 4) is 5.88 Å². The zero-order valence-electron chi connectivity index (χ0n) is 15.7. The van der Waals surface area contributed by atoms with Gasteiger partial charge in [-0.1, -0.05) is 20.8 Å². The number of ether oxygens (including phenoxy) is 1. The number of piperidine rings is 1. The van der Waals surface area contributed by atoms with Crippen molar-refractivity contribution in [2.75, 3.05) is 24.6 Å². The predicted octanol–water partition coefficient (Wildman–Crippen LogP) is 3.39. The van der Waals surface area contributed by atoms with Crippen LogP contribution in [0.1, 0.15) is 51.0 Å². The first kappa shape index (κ1) is 18.5. The molecule has 7 heteroatoms. The molecule has 0 saturated carbocycles. The van der Waals surface area contributed by atoms with Crippen LogP contribution in [0.25, 0.3) is 0 Å². The zero-order chi connectivity index (χ0) is 18.5. The fourth-order valence-corrected chi connectivity index (χ4v) is 3.08. The summed E-state index contributed by atoms with van der Waals surface area (Å²) in [6.45, 7) is 8.36. The van der Waals surface area contributed by atoms with Crippen LogP contribution in [-0.2, 0) is 6.42 Å². The Bertz CT molecular complexity index is 732. The van der Waals surface area contributed by atoms with E-state index in [1.54, 1.807) is 0 Å². The second-order valence-corrected chi connectivity index (χ2v) is 6.96. The van der Waals surface area contributed by atoms with Gasteiger partial charge in [0, 0.05) is 25.2 Å². The quantitative estimate of drug-likeness (QED) is 0.788. The molecule has 3 rings (SSSR count). The lowest BCUT2D eigenvalue weighted by Gasteiger charge is -2.32. The van der Waals surface area contributed by atoms with Crippen LogP contribution in [0.4, 0.5) is 10.2 Å². The fourth-order valence-electron chi connectivity index (χ4n) is 3.08. The molecule has 0 bridgehead atoms. The van der Waals surface area contributed by atoms with Crippen LogP contribution in [0.3, 0.4) is 0 Å². The molecular weight excluding hydrogens is 333 g/mol. The lowest BCUT2D eigenvalue weighted by molar-refractivity contribution is 0.206. The number of hydrogen-bond acceptors (Lipinski definition) is 6. The average molecular weight is 359 g/mol. The third kappa shape index (κ3) is 4.26. The van der Waals surface area contributed by atoms with E-state index >= 15 is 0 Å². The largest absolute Gasteiger partial charge is 0.475 e. The summed E-state index contributed by atoms with van der Waals surface area (Å²) < 4.78 is 19.8. The summed E-state index contributed by atoms with van der Waals surface area (Å²) in [7, 11) is 0. The molecule has 1 saturated heterocycles. The molecule has 0 unspecified atom stereocenters. The third-order valence-electron chi connectivity index (χ3n) is 4.73. The Labute approximate surface area is 153 Å². The molecule has 0 amide bonds. The monoisotopic (exact) mass is 359 g/mol.